The Hall–Kier alpha value is -2.29. The number of halogens is 2. The second-order valence-electron chi connectivity index (χ2n) is 2.98. The van der Waals surface area contributed by atoms with Gasteiger partial charge in [0.1, 0.15) is 11.8 Å². The zero-order valence-electron chi connectivity index (χ0n) is 8.01. The fourth-order valence-corrected chi connectivity index (χ4v) is 1.29. The van der Waals surface area contributed by atoms with Crippen molar-refractivity contribution in [2.45, 2.75) is 6.55 Å². The monoisotopic (exact) mass is 220 g/mol. The summed E-state index contributed by atoms with van der Waals surface area (Å²) in [5.41, 5.74) is 0.812. The first-order chi connectivity index (χ1) is 7.72. The number of aromatic nitrogens is 3. The van der Waals surface area contributed by atoms with E-state index in [0.717, 1.165) is 0 Å². The number of rotatable bonds is 2. The fraction of sp³-hybridized carbons (Fsp3) is 0.100. The van der Waals surface area contributed by atoms with Crippen molar-refractivity contribution in [3.63, 3.8) is 0 Å². The summed E-state index contributed by atoms with van der Waals surface area (Å²) in [4.78, 5) is 3.81. The largest absolute Gasteiger partial charge is 0.334 e. The van der Waals surface area contributed by atoms with Crippen LogP contribution in [-0.4, -0.2) is 14.8 Å². The lowest BCUT2D eigenvalue weighted by atomic mass is 10.2. The summed E-state index contributed by atoms with van der Waals surface area (Å²) in [7, 11) is 0. The molecule has 0 saturated carbocycles. The standard InChI is InChI=1S/C10H6F2N4/c11-10(12)16-8(6-13)5-9(15-16)7-1-3-14-4-2-7/h1-5,10H. The molecule has 2 aromatic rings. The molecule has 0 N–H and O–H groups in total. The second kappa shape index (κ2) is 4.06. The van der Waals surface area contributed by atoms with Crippen molar-refractivity contribution in [2.75, 3.05) is 0 Å². The normalized spacial score (nSPS) is 10.4. The minimum atomic E-state index is -2.81. The van der Waals surface area contributed by atoms with Crippen LogP contribution in [0.15, 0.2) is 30.6 Å². The molecular weight excluding hydrogens is 214 g/mol. The van der Waals surface area contributed by atoms with Gasteiger partial charge in [-0.2, -0.15) is 23.8 Å². The fourth-order valence-electron chi connectivity index (χ4n) is 1.29. The van der Waals surface area contributed by atoms with Crippen LogP contribution in [0.3, 0.4) is 0 Å². The van der Waals surface area contributed by atoms with E-state index in [2.05, 4.69) is 10.1 Å². The average molecular weight is 220 g/mol. The maximum Gasteiger partial charge on any atom is 0.334 e. The number of hydrogen-bond donors (Lipinski definition) is 0. The zero-order chi connectivity index (χ0) is 11.5. The Morgan fingerprint density at radius 3 is 2.50 bits per heavy atom. The Kier molecular flexibility index (Phi) is 2.60. The maximum absolute atomic E-state index is 12.5. The van der Waals surface area contributed by atoms with Gasteiger partial charge >= 0.3 is 6.55 Å². The number of nitriles is 1. The van der Waals surface area contributed by atoms with E-state index >= 15 is 0 Å². The summed E-state index contributed by atoms with van der Waals surface area (Å²) < 4.78 is 25.4. The van der Waals surface area contributed by atoms with Crippen molar-refractivity contribution < 1.29 is 8.78 Å². The molecular formula is C10H6F2N4. The van der Waals surface area contributed by atoms with E-state index in [0.29, 0.717) is 15.9 Å². The molecule has 2 heterocycles. The summed E-state index contributed by atoms with van der Waals surface area (Å²) >= 11 is 0. The van der Waals surface area contributed by atoms with E-state index in [9.17, 15) is 8.78 Å². The Balaban J connectivity index is 2.49. The number of alkyl halides is 2. The van der Waals surface area contributed by atoms with Gasteiger partial charge in [-0.3, -0.25) is 4.98 Å². The van der Waals surface area contributed by atoms with Gasteiger partial charge in [0.15, 0.2) is 0 Å². The molecule has 0 atom stereocenters. The predicted octanol–water partition coefficient (Wildman–Crippen LogP) is 2.21. The molecule has 80 valence electrons. The lowest BCUT2D eigenvalue weighted by molar-refractivity contribution is 0.0559. The number of pyridine rings is 1. The van der Waals surface area contributed by atoms with Gasteiger partial charge < -0.3 is 0 Å². The van der Waals surface area contributed by atoms with Gasteiger partial charge in [0, 0.05) is 24.0 Å². The first-order valence-corrected chi connectivity index (χ1v) is 4.40. The summed E-state index contributed by atoms with van der Waals surface area (Å²) in [5, 5.41) is 12.3. The second-order valence-corrected chi connectivity index (χ2v) is 2.98. The third-order valence-corrected chi connectivity index (χ3v) is 2.01. The highest BCUT2D eigenvalue weighted by Gasteiger charge is 2.15. The summed E-state index contributed by atoms with van der Waals surface area (Å²) in [6.07, 6.45) is 3.06. The van der Waals surface area contributed by atoms with Gasteiger partial charge in [-0.15, -0.1) is 0 Å². The average Bonchev–Trinajstić information content (AvgIpc) is 2.74. The first kappa shape index (κ1) is 10.2. The van der Waals surface area contributed by atoms with Crippen LogP contribution in [0.4, 0.5) is 8.78 Å². The van der Waals surface area contributed by atoms with E-state index in [1.165, 1.54) is 18.5 Å². The minimum absolute atomic E-state index is 0.165. The molecule has 0 aromatic carbocycles. The van der Waals surface area contributed by atoms with Gasteiger partial charge in [0.2, 0.25) is 0 Å². The van der Waals surface area contributed by atoms with E-state index in [1.54, 1.807) is 18.2 Å². The van der Waals surface area contributed by atoms with Gasteiger partial charge in [-0.05, 0) is 12.1 Å². The highest BCUT2D eigenvalue weighted by Crippen LogP contribution is 2.21. The van der Waals surface area contributed by atoms with Gasteiger partial charge in [-0.25, -0.2) is 0 Å². The van der Waals surface area contributed by atoms with E-state index in [4.69, 9.17) is 5.26 Å². The van der Waals surface area contributed by atoms with Crippen LogP contribution in [0.2, 0.25) is 0 Å². The van der Waals surface area contributed by atoms with Crippen molar-refractivity contribution in [1.29, 1.82) is 5.26 Å². The molecule has 2 rings (SSSR count). The topological polar surface area (TPSA) is 54.5 Å². The lowest BCUT2D eigenvalue weighted by Crippen LogP contribution is -2.02. The molecule has 0 amide bonds. The zero-order valence-corrected chi connectivity index (χ0v) is 8.01. The Morgan fingerprint density at radius 2 is 2.00 bits per heavy atom. The van der Waals surface area contributed by atoms with Crippen LogP contribution in [0.1, 0.15) is 12.2 Å². The summed E-state index contributed by atoms with van der Waals surface area (Å²) in [5.74, 6) is 0. The molecule has 0 aliphatic carbocycles. The predicted molar refractivity (Wildman–Crippen MR) is 51.4 cm³/mol. The van der Waals surface area contributed by atoms with E-state index in [-0.39, 0.29) is 5.69 Å². The first-order valence-electron chi connectivity index (χ1n) is 4.40. The summed E-state index contributed by atoms with van der Waals surface area (Å²) in [6, 6.07) is 6.27. The summed E-state index contributed by atoms with van der Waals surface area (Å²) in [6.45, 7) is -2.81. The van der Waals surface area contributed by atoms with Gasteiger partial charge in [-0.1, -0.05) is 0 Å². The van der Waals surface area contributed by atoms with Crippen molar-refractivity contribution in [2.24, 2.45) is 0 Å². The van der Waals surface area contributed by atoms with Crippen LogP contribution < -0.4 is 0 Å². The van der Waals surface area contributed by atoms with E-state index < -0.39 is 6.55 Å². The number of nitrogens with zero attached hydrogens (tertiary/aromatic N) is 4. The Labute approximate surface area is 89.8 Å². The van der Waals surface area contributed by atoms with Crippen LogP contribution in [0.5, 0.6) is 0 Å². The molecule has 16 heavy (non-hydrogen) atoms. The molecule has 2 aromatic heterocycles. The molecule has 0 fully saturated rings. The smallest absolute Gasteiger partial charge is 0.265 e. The van der Waals surface area contributed by atoms with Crippen molar-refractivity contribution in [3.05, 3.63) is 36.3 Å². The van der Waals surface area contributed by atoms with Crippen LogP contribution in [0, 0.1) is 11.3 Å². The van der Waals surface area contributed by atoms with Crippen LogP contribution in [0.25, 0.3) is 11.3 Å². The Morgan fingerprint density at radius 1 is 1.31 bits per heavy atom. The molecule has 0 unspecified atom stereocenters. The highest BCUT2D eigenvalue weighted by atomic mass is 19.3. The Bertz CT molecular complexity index is 527. The molecule has 0 aliphatic heterocycles. The SMILES string of the molecule is N#Cc1cc(-c2ccncc2)nn1C(F)F. The van der Waals surface area contributed by atoms with E-state index in [1.807, 2.05) is 0 Å². The quantitative estimate of drug-likeness (QED) is 0.779. The third-order valence-electron chi connectivity index (χ3n) is 2.01. The van der Waals surface area contributed by atoms with Crippen molar-refractivity contribution in [3.8, 4) is 17.3 Å². The minimum Gasteiger partial charge on any atom is -0.265 e. The van der Waals surface area contributed by atoms with Gasteiger partial charge in [0.05, 0.1) is 5.69 Å². The lowest BCUT2D eigenvalue weighted by Gasteiger charge is -1.98. The molecule has 0 spiro atoms. The molecule has 0 bridgehead atoms. The maximum atomic E-state index is 12.5. The molecule has 0 radical (unpaired) electrons. The van der Waals surface area contributed by atoms with Gasteiger partial charge in [0.25, 0.3) is 0 Å². The van der Waals surface area contributed by atoms with Crippen molar-refractivity contribution >= 4 is 0 Å². The number of hydrogen-bond acceptors (Lipinski definition) is 3. The molecule has 4 nitrogen and oxygen atoms in total. The van der Waals surface area contributed by atoms with Crippen LogP contribution in [-0.2, 0) is 0 Å². The van der Waals surface area contributed by atoms with Crippen LogP contribution >= 0.6 is 0 Å². The highest BCUT2D eigenvalue weighted by molar-refractivity contribution is 5.59. The molecule has 0 saturated heterocycles. The van der Waals surface area contributed by atoms with Crippen molar-refractivity contribution in [1.82, 2.24) is 14.8 Å². The third kappa shape index (κ3) is 1.75. The molecule has 6 heteroatoms. The molecule has 0 aliphatic rings.